The van der Waals surface area contributed by atoms with Crippen molar-refractivity contribution in [1.82, 2.24) is 4.98 Å². The Bertz CT molecular complexity index is 651. The molecule has 2 rings (SSSR count). The van der Waals surface area contributed by atoms with Crippen molar-refractivity contribution in [2.75, 3.05) is 5.32 Å². The lowest BCUT2D eigenvalue weighted by Gasteiger charge is -2.05. The fraction of sp³-hybridized carbons (Fsp3) is 0.0833. The number of nitrogens with one attached hydrogen (secondary N) is 1. The summed E-state index contributed by atoms with van der Waals surface area (Å²) < 4.78 is 18.4. The van der Waals surface area contributed by atoms with E-state index in [0.29, 0.717) is 5.69 Å². The first-order chi connectivity index (χ1) is 8.99. The molecule has 0 aliphatic carbocycles. The molecule has 2 aromatic rings. The van der Waals surface area contributed by atoms with Gasteiger partial charge in [0.1, 0.15) is 5.82 Å². The minimum absolute atomic E-state index is 0.0262. The summed E-state index contributed by atoms with van der Waals surface area (Å²) in [4.78, 5) is 26.1. The molecule has 1 amide bonds. The summed E-state index contributed by atoms with van der Waals surface area (Å²) in [5, 5.41) is 11.0. The average Bonchev–Trinajstić information content (AvgIpc) is 2.77. The van der Waals surface area contributed by atoms with Crippen LogP contribution in [0.5, 0.6) is 0 Å². The number of carboxylic acids is 1. The Morgan fingerprint density at radius 2 is 2.16 bits per heavy atom. The van der Waals surface area contributed by atoms with Crippen LogP contribution in [0.25, 0.3) is 0 Å². The van der Waals surface area contributed by atoms with Crippen molar-refractivity contribution in [3.05, 3.63) is 47.4 Å². The second-order valence-electron chi connectivity index (χ2n) is 3.72. The van der Waals surface area contributed by atoms with Gasteiger partial charge in [0.2, 0.25) is 5.76 Å². The summed E-state index contributed by atoms with van der Waals surface area (Å²) in [6, 6.07) is 3.18. The maximum atomic E-state index is 13.6. The minimum Gasteiger partial charge on any atom is -0.478 e. The second kappa shape index (κ2) is 4.89. The normalized spacial score (nSPS) is 10.2. The third-order valence-corrected chi connectivity index (χ3v) is 2.42. The highest BCUT2D eigenvalue weighted by atomic mass is 19.1. The highest BCUT2D eigenvalue weighted by molar-refractivity contribution is 6.03. The number of amides is 1. The summed E-state index contributed by atoms with van der Waals surface area (Å²) >= 11 is 0. The Labute approximate surface area is 106 Å². The van der Waals surface area contributed by atoms with Gasteiger partial charge in [-0.2, -0.15) is 0 Å². The van der Waals surface area contributed by atoms with Crippen molar-refractivity contribution in [2.24, 2.45) is 0 Å². The lowest BCUT2D eigenvalue weighted by Crippen LogP contribution is -2.13. The molecule has 98 valence electrons. The first-order valence-electron chi connectivity index (χ1n) is 5.23. The zero-order chi connectivity index (χ0) is 14.0. The standard InChI is InChI=1S/C12H9FN2O4/c1-6-10(19-5-14-6)11(16)15-9-3-2-7(12(17)18)4-8(9)13/h2-5H,1H3,(H,15,16)(H,17,18). The van der Waals surface area contributed by atoms with Gasteiger partial charge in [0, 0.05) is 0 Å². The quantitative estimate of drug-likeness (QED) is 0.885. The molecule has 0 bridgehead atoms. The van der Waals surface area contributed by atoms with E-state index < -0.39 is 17.7 Å². The molecule has 6 nitrogen and oxygen atoms in total. The molecule has 0 aliphatic heterocycles. The van der Waals surface area contributed by atoms with Gasteiger partial charge in [-0.3, -0.25) is 4.79 Å². The van der Waals surface area contributed by atoms with E-state index in [2.05, 4.69) is 10.3 Å². The number of aryl methyl sites for hydroxylation is 1. The largest absolute Gasteiger partial charge is 0.478 e. The predicted octanol–water partition coefficient (Wildman–Crippen LogP) is 2.07. The molecule has 0 atom stereocenters. The van der Waals surface area contributed by atoms with Crippen LogP contribution in [0.4, 0.5) is 10.1 Å². The molecule has 0 fully saturated rings. The molecule has 2 N–H and O–H groups in total. The molecule has 0 radical (unpaired) electrons. The van der Waals surface area contributed by atoms with Crippen LogP contribution in [0.2, 0.25) is 0 Å². The Morgan fingerprint density at radius 3 is 2.68 bits per heavy atom. The van der Waals surface area contributed by atoms with E-state index in [4.69, 9.17) is 9.52 Å². The maximum Gasteiger partial charge on any atom is 0.335 e. The number of carboxylic acid groups (broad SMARTS) is 1. The van der Waals surface area contributed by atoms with E-state index >= 15 is 0 Å². The van der Waals surface area contributed by atoms with E-state index in [1.165, 1.54) is 12.1 Å². The highest BCUT2D eigenvalue weighted by Crippen LogP contribution is 2.17. The van der Waals surface area contributed by atoms with Crippen molar-refractivity contribution in [3.63, 3.8) is 0 Å². The van der Waals surface area contributed by atoms with E-state index in [0.717, 1.165) is 12.5 Å². The fourth-order valence-corrected chi connectivity index (χ4v) is 1.45. The zero-order valence-corrected chi connectivity index (χ0v) is 9.81. The van der Waals surface area contributed by atoms with Gasteiger partial charge in [-0.05, 0) is 25.1 Å². The van der Waals surface area contributed by atoms with Gasteiger partial charge >= 0.3 is 5.97 Å². The Morgan fingerprint density at radius 1 is 1.42 bits per heavy atom. The fourth-order valence-electron chi connectivity index (χ4n) is 1.45. The third kappa shape index (κ3) is 2.59. The van der Waals surface area contributed by atoms with Gasteiger partial charge < -0.3 is 14.8 Å². The van der Waals surface area contributed by atoms with Crippen LogP contribution in [0, 0.1) is 12.7 Å². The SMILES string of the molecule is Cc1ncoc1C(=O)Nc1ccc(C(=O)O)cc1F. The first kappa shape index (κ1) is 12.7. The van der Waals surface area contributed by atoms with Crippen LogP contribution < -0.4 is 5.32 Å². The van der Waals surface area contributed by atoms with Crippen molar-refractivity contribution >= 4 is 17.6 Å². The highest BCUT2D eigenvalue weighted by Gasteiger charge is 2.16. The summed E-state index contributed by atoms with van der Waals surface area (Å²) in [5.74, 6) is -2.77. The number of benzene rings is 1. The number of hydrogen-bond donors (Lipinski definition) is 2. The minimum atomic E-state index is -1.25. The summed E-state index contributed by atoms with van der Waals surface area (Å²) in [5.41, 5.74) is 0.0391. The van der Waals surface area contributed by atoms with Crippen LogP contribution in [-0.4, -0.2) is 22.0 Å². The van der Waals surface area contributed by atoms with Crippen molar-refractivity contribution in [3.8, 4) is 0 Å². The number of carbonyl (C=O) groups is 2. The Balaban J connectivity index is 2.23. The molecule has 1 heterocycles. The van der Waals surface area contributed by atoms with Gasteiger partial charge in [0.05, 0.1) is 16.9 Å². The molecule has 1 aromatic carbocycles. The van der Waals surface area contributed by atoms with Crippen LogP contribution in [-0.2, 0) is 0 Å². The van der Waals surface area contributed by atoms with E-state index in [-0.39, 0.29) is 17.0 Å². The lowest BCUT2D eigenvalue weighted by molar-refractivity contribution is 0.0696. The van der Waals surface area contributed by atoms with Crippen LogP contribution in [0.3, 0.4) is 0 Å². The number of halogens is 1. The van der Waals surface area contributed by atoms with Crippen LogP contribution in [0.1, 0.15) is 26.6 Å². The van der Waals surface area contributed by atoms with Crippen LogP contribution >= 0.6 is 0 Å². The predicted molar refractivity (Wildman–Crippen MR) is 62.6 cm³/mol. The second-order valence-corrected chi connectivity index (χ2v) is 3.72. The van der Waals surface area contributed by atoms with Crippen molar-refractivity contribution in [1.29, 1.82) is 0 Å². The van der Waals surface area contributed by atoms with Crippen LogP contribution in [0.15, 0.2) is 29.0 Å². The number of carbonyl (C=O) groups excluding carboxylic acids is 1. The van der Waals surface area contributed by atoms with Gasteiger partial charge in [-0.1, -0.05) is 0 Å². The topological polar surface area (TPSA) is 92.4 Å². The monoisotopic (exact) mass is 264 g/mol. The molecule has 0 unspecified atom stereocenters. The molecule has 0 saturated carbocycles. The lowest BCUT2D eigenvalue weighted by atomic mass is 10.2. The number of aromatic nitrogens is 1. The van der Waals surface area contributed by atoms with Gasteiger partial charge in [0.15, 0.2) is 6.39 Å². The van der Waals surface area contributed by atoms with Gasteiger partial charge in [-0.15, -0.1) is 0 Å². The molecule has 7 heteroatoms. The number of aromatic carboxylic acids is 1. The summed E-state index contributed by atoms with van der Waals surface area (Å²) in [7, 11) is 0. The third-order valence-electron chi connectivity index (χ3n) is 2.42. The Kier molecular flexibility index (Phi) is 3.28. The Hall–Kier alpha value is -2.70. The molecular formula is C12H9FN2O4. The van der Waals surface area contributed by atoms with Crippen molar-refractivity contribution in [2.45, 2.75) is 6.92 Å². The van der Waals surface area contributed by atoms with Crippen molar-refractivity contribution < 1.29 is 23.5 Å². The average molecular weight is 264 g/mol. The van der Waals surface area contributed by atoms with Gasteiger partial charge in [-0.25, -0.2) is 14.2 Å². The molecule has 19 heavy (non-hydrogen) atoms. The molecule has 0 spiro atoms. The number of hydrogen-bond acceptors (Lipinski definition) is 4. The maximum absolute atomic E-state index is 13.6. The van der Waals surface area contributed by atoms with E-state index in [9.17, 15) is 14.0 Å². The van der Waals surface area contributed by atoms with Gasteiger partial charge in [0.25, 0.3) is 5.91 Å². The molecule has 0 saturated heterocycles. The van der Waals surface area contributed by atoms with E-state index in [1.807, 2.05) is 0 Å². The first-order valence-corrected chi connectivity index (χ1v) is 5.23. The smallest absolute Gasteiger partial charge is 0.335 e. The number of nitrogens with zero attached hydrogens (tertiary/aromatic N) is 1. The molecule has 0 aliphatic rings. The number of rotatable bonds is 3. The number of oxazole rings is 1. The summed E-state index contributed by atoms with van der Waals surface area (Å²) in [6.07, 6.45) is 1.11. The molecule has 1 aromatic heterocycles. The van der Waals surface area contributed by atoms with E-state index in [1.54, 1.807) is 6.92 Å². The number of anilines is 1. The zero-order valence-electron chi connectivity index (χ0n) is 9.81. The molecular weight excluding hydrogens is 255 g/mol. The summed E-state index contributed by atoms with van der Waals surface area (Å²) in [6.45, 7) is 1.57.